The Hall–Kier alpha value is -1.42. The van der Waals surface area contributed by atoms with Crippen LogP contribution >= 0.6 is 0 Å². The van der Waals surface area contributed by atoms with Gasteiger partial charge in [-0.15, -0.1) is 0 Å². The molecule has 0 spiro atoms. The summed E-state index contributed by atoms with van der Waals surface area (Å²) in [6, 6.07) is 0. The third kappa shape index (κ3) is 3.66. The Balaban J connectivity index is 1.91. The predicted octanol–water partition coefficient (Wildman–Crippen LogP) is 4.10. The number of fused-ring (bicyclic) bond motifs is 4. The average Bonchev–Trinajstić information content (AvgIpc) is 2.95. The van der Waals surface area contributed by atoms with Crippen LogP contribution in [0.5, 0.6) is 0 Å². The van der Waals surface area contributed by atoms with Crippen LogP contribution < -0.4 is 0 Å². The van der Waals surface area contributed by atoms with Crippen LogP contribution in [0.2, 0.25) is 0 Å². The maximum atomic E-state index is 12.8. The van der Waals surface area contributed by atoms with Gasteiger partial charge in [0.25, 0.3) is 0 Å². The van der Waals surface area contributed by atoms with E-state index >= 15 is 0 Å². The van der Waals surface area contributed by atoms with E-state index in [2.05, 4.69) is 39.8 Å². The van der Waals surface area contributed by atoms with Crippen molar-refractivity contribution in [3.63, 3.8) is 0 Å². The Morgan fingerprint density at radius 3 is 2.62 bits per heavy atom. The molecule has 3 aliphatic rings. The molecule has 0 radical (unpaired) electrons. The number of Topliss-reactive ketones (excluding diaryl/α,β-unsaturated/α-hetero) is 1. The van der Waals surface area contributed by atoms with E-state index in [4.69, 9.17) is 9.47 Å². The third-order valence-corrected chi connectivity index (χ3v) is 6.63. The molecule has 0 amide bonds. The fraction of sp³-hybridized carbons (Fsp3) is 0.727. The lowest BCUT2D eigenvalue weighted by atomic mass is 9.74. The van der Waals surface area contributed by atoms with Gasteiger partial charge in [0, 0.05) is 25.2 Å². The van der Waals surface area contributed by atoms with Crippen LogP contribution in [-0.4, -0.2) is 30.6 Å². The van der Waals surface area contributed by atoms with Crippen molar-refractivity contribution in [2.75, 3.05) is 6.61 Å². The fourth-order valence-electron chi connectivity index (χ4n) is 5.32. The van der Waals surface area contributed by atoms with Gasteiger partial charge in [-0.3, -0.25) is 9.59 Å². The van der Waals surface area contributed by atoms with Crippen molar-refractivity contribution in [2.24, 2.45) is 29.6 Å². The summed E-state index contributed by atoms with van der Waals surface area (Å²) in [5, 5.41) is 0. The minimum absolute atomic E-state index is 0.0323. The summed E-state index contributed by atoms with van der Waals surface area (Å²) < 4.78 is 11.9. The molecule has 2 saturated carbocycles. The second-order valence-corrected chi connectivity index (χ2v) is 8.65. The molecule has 0 unspecified atom stereocenters. The zero-order valence-electron chi connectivity index (χ0n) is 16.7. The smallest absolute Gasteiger partial charge is 0.302 e. The van der Waals surface area contributed by atoms with Gasteiger partial charge in [-0.2, -0.15) is 0 Å². The van der Waals surface area contributed by atoms with Crippen molar-refractivity contribution in [1.29, 1.82) is 0 Å². The molecule has 4 heteroatoms. The Morgan fingerprint density at radius 1 is 1.23 bits per heavy atom. The van der Waals surface area contributed by atoms with Gasteiger partial charge < -0.3 is 9.47 Å². The van der Waals surface area contributed by atoms with E-state index in [1.165, 1.54) is 18.1 Å². The van der Waals surface area contributed by atoms with Gasteiger partial charge in [-0.05, 0) is 51.4 Å². The molecule has 0 aromatic rings. The Bertz CT molecular complexity index is 628. The van der Waals surface area contributed by atoms with Crippen molar-refractivity contribution in [3.8, 4) is 0 Å². The normalized spacial score (nSPS) is 39.3. The van der Waals surface area contributed by atoms with Crippen LogP contribution in [0.1, 0.15) is 53.9 Å². The molecule has 7 atom stereocenters. The molecule has 0 N–H and O–H groups in total. The second-order valence-electron chi connectivity index (χ2n) is 8.65. The highest BCUT2D eigenvalue weighted by atomic mass is 16.6. The molecular weight excluding hydrogens is 328 g/mol. The van der Waals surface area contributed by atoms with Crippen molar-refractivity contribution >= 4 is 11.8 Å². The van der Waals surface area contributed by atoms with Crippen LogP contribution in [0.15, 0.2) is 23.3 Å². The average molecular weight is 360 g/mol. The number of ether oxygens (including phenoxy) is 2. The minimum Gasteiger partial charge on any atom is -0.460 e. The van der Waals surface area contributed by atoms with E-state index < -0.39 is 0 Å². The Morgan fingerprint density at radius 2 is 1.96 bits per heavy atom. The highest BCUT2D eigenvalue weighted by Gasteiger charge is 2.57. The number of esters is 1. The van der Waals surface area contributed by atoms with E-state index in [1.54, 1.807) is 0 Å². The number of rotatable bonds is 4. The first-order valence-electron chi connectivity index (χ1n) is 9.91. The predicted molar refractivity (Wildman–Crippen MR) is 100 cm³/mol. The summed E-state index contributed by atoms with van der Waals surface area (Å²) in [6.07, 6.45) is 6.37. The molecule has 2 bridgehead atoms. The number of carbonyl (C=O) groups excluding carboxylic acids is 2. The SMILES string of the molecule is CC(=O)O[C@@H]1C[C@@H](/C(C)=C\CC=C(C)C)[C@@H]2[C@H]1OC[C@H]1CC(=O)[C@@H]2[C@@H]1C. The number of carbonyl (C=O) groups is 2. The van der Waals surface area contributed by atoms with Crippen molar-refractivity contribution < 1.29 is 19.1 Å². The fourth-order valence-corrected chi connectivity index (χ4v) is 5.32. The number of hydrogen-bond acceptors (Lipinski definition) is 4. The summed E-state index contributed by atoms with van der Waals surface area (Å²) in [5.74, 6) is 1.17. The third-order valence-electron chi connectivity index (χ3n) is 6.63. The van der Waals surface area contributed by atoms with Gasteiger partial charge in [0.05, 0.1) is 12.7 Å². The van der Waals surface area contributed by atoms with Crippen LogP contribution in [0.3, 0.4) is 0 Å². The topological polar surface area (TPSA) is 52.6 Å². The first kappa shape index (κ1) is 19.3. The number of ketones is 1. The largest absolute Gasteiger partial charge is 0.460 e. The van der Waals surface area contributed by atoms with Crippen molar-refractivity contribution in [2.45, 2.75) is 66.1 Å². The van der Waals surface area contributed by atoms with Crippen molar-refractivity contribution in [3.05, 3.63) is 23.3 Å². The van der Waals surface area contributed by atoms with Crippen LogP contribution in [-0.2, 0) is 19.1 Å². The highest BCUT2D eigenvalue weighted by Crippen LogP contribution is 2.53. The highest BCUT2D eigenvalue weighted by molar-refractivity contribution is 5.84. The first-order chi connectivity index (χ1) is 12.3. The molecule has 1 aliphatic heterocycles. The molecular formula is C22H32O4. The maximum absolute atomic E-state index is 12.8. The minimum atomic E-state index is -0.266. The van der Waals surface area contributed by atoms with Gasteiger partial charge in [0.15, 0.2) is 0 Å². The van der Waals surface area contributed by atoms with E-state index in [-0.39, 0.29) is 35.9 Å². The summed E-state index contributed by atoms with van der Waals surface area (Å²) in [7, 11) is 0. The number of hydrogen-bond donors (Lipinski definition) is 0. The molecule has 2 aliphatic carbocycles. The van der Waals surface area contributed by atoms with Crippen LogP contribution in [0.4, 0.5) is 0 Å². The molecule has 4 nitrogen and oxygen atoms in total. The molecule has 1 heterocycles. The van der Waals surface area contributed by atoms with Gasteiger partial charge in [0.2, 0.25) is 0 Å². The van der Waals surface area contributed by atoms with Crippen LogP contribution in [0, 0.1) is 29.6 Å². The maximum Gasteiger partial charge on any atom is 0.302 e. The molecule has 3 fully saturated rings. The molecule has 0 aromatic heterocycles. The molecule has 0 aromatic carbocycles. The number of allylic oxidation sites excluding steroid dienone is 4. The lowest BCUT2D eigenvalue weighted by molar-refractivity contribution is -0.155. The molecule has 3 rings (SSSR count). The Kier molecular flexibility index (Phi) is 5.71. The molecule has 1 saturated heterocycles. The van der Waals surface area contributed by atoms with E-state index in [0.29, 0.717) is 30.6 Å². The molecule has 26 heavy (non-hydrogen) atoms. The summed E-state index contributed by atoms with van der Waals surface area (Å²) >= 11 is 0. The van der Waals surface area contributed by atoms with E-state index in [1.807, 2.05) is 0 Å². The molecule has 144 valence electrons. The summed E-state index contributed by atoms with van der Waals surface area (Å²) in [4.78, 5) is 24.4. The standard InChI is InChI=1S/C22H32O4/c1-12(2)7-6-8-13(3)17-10-19(26-15(5)23)22-21(17)20-14(4)16(11-25-22)9-18(20)24/h7-8,14,16-17,19-22H,6,9-11H2,1-5H3/b13-8-/t14-,16-,17+,19-,20+,21+,22+/m1/s1. The van der Waals surface area contributed by atoms with Crippen molar-refractivity contribution in [1.82, 2.24) is 0 Å². The lowest BCUT2D eigenvalue weighted by Crippen LogP contribution is -2.38. The Labute approximate surface area is 157 Å². The quantitative estimate of drug-likeness (QED) is 0.559. The summed E-state index contributed by atoms with van der Waals surface area (Å²) in [6.45, 7) is 10.6. The first-order valence-corrected chi connectivity index (χ1v) is 9.91. The van der Waals surface area contributed by atoms with Gasteiger partial charge in [-0.25, -0.2) is 0 Å². The van der Waals surface area contributed by atoms with Gasteiger partial charge >= 0.3 is 5.97 Å². The van der Waals surface area contributed by atoms with E-state index in [9.17, 15) is 9.59 Å². The van der Waals surface area contributed by atoms with Crippen LogP contribution in [0.25, 0.3) is 0 Å². The summed E-state index contributed by atoms with van der Waals surface area (Å²) in [5.41, 5.74) is 2.59. The zero-order valence-corrected chi connectivity index (χ0v) is 16.7. The van der Waals surface area contributed by atoms with Gasteiger partial charge in [0.1, 0.15) is 11.9 Å². The zero-order chi connectivity index (χ0) is 19.0. The van der Waals surface area contributed by atoms with E-state index in [0.717, 1.165) is 12.8 Å². The van der Waals surface area contributed by atoms with Gasteiger partial charge in [-0.1, -0.05) is 30.2 Å². The second kappa shape index (κ2) is 7.67. The monoisotopic (exact) mass is 360 g/mol. The lowest BCUT2D eigenvalue weighted by Gasteiger charge is -2.31.